The first-order valence-electron chi connectivity index (χ1n) is 8.77. The standard InChI is InChI=1S/C21H14FN3O5/c22-14-5-6-18-16(9-14)21(27)13(11-28-18)10-23-25-20(26)12-29-17-4-2-1-3-15(17)19-7-8-24-30-19/h1-11H,12H2,(H,25,26)/b23-10+. The molecule has 0 saturated heterocycles. The summed E-state index contributed by atoms with van der Waals surface area (Å²) in [6.07, 6.45) is 3.81. The molecule has 1 N–H and O–H groups in total. The van der Waals surface area contributed by atoms with Gasteiger partial charge in [-0.1, -0.05) is 17.3 Å². The van der Waals surface area contributed by atoms with E-state index in [4.69, 9.17) is 13.7 Å². The number of hydrogen-bond acceptors (Lipinski definition) is 7. The molecule has 0 aliphatic rings. The average Bonchev–Trinajstić information content (AvgIpc) is 3.29. The van der Waals surface area contributed by atoms with Crippen molar-refractivity contribution in [3.05, 3.63) is 82.6 Å². The lowest BCUT2D eigenvalue weighted by molar-refractivity contribution is -0.123. The Bertz CT molecular complexity index is 1280. The highest BCUT2D eigenvalue weighted by molar-refractivity contribution is 5.87. The van der Waals surface area contributed by atoms with Gasteiger partial charge in [0.1, 0.15) is 23.4 Å². The summed E-state index contributed by atoms with van der Waals surface area (Å²) in [7, 11) is 0. The predicted octanol–water partition coefficient (Wildman–Crippen LogP) is 3.12. The van der Waals surface area contributed by atoms with Gasteiger partial charge in [0.2, 0.25) is 5.43 Å². The summed E-state index contributed by atoms with van der Waals surface area (Å²) in [6.45, 7) is -0.319. The number of carbonyl (C=O) groups is 1. The summed E-state index contributed by atoms with van der Waals surface area (Å²) in [4.78, 5) is 24.4. The van der Waals surface area contributed by atoms with Crippen molar-refractivity contribution < 1.29 is 22.9 Å². The fraction of sp³-hybridized carbons (Fsp3) is 0.0476. The second-order valence-electron chi connectivity index (χ2n) is 6.12. The van der Waals surface area contributed by atoms with E-state index in [1.165, 1.54) is 24.6 Å². The first-order valence-corrected chi connectivity index (χ1v) is 8.77. The Morgan fingerprint density at radius 3 is 2.93 bits per heavy atom. The highest BCUT2D eigenvalue weighted by Crippen LogP contribution is 2.29. The SMILES string of the molecule is O=C(COc1ccccc1-c1ccno1)N/N=C/c1coc2ccc(F)cc2c1=O. The fourth-order valence-corrected chi connectivity index (χ4v) is 2.71. The largest absolute Gasteiger partial charge is 0.483 e. The minimum Gasteiger partial charge on any atom is -0.483 e. The van der Waals surface area contributed by atoms with Gasteiger partial charge in [0.15, 0.2) is 12.4 Å². The second kappa shape index (κ2) is 8.39. The summed E-state index contributed by atoms with van der Waals surface area (Å²) >= 11 is 0. The van der Waals surface area contributed by atoms with Crippen LogP contribution in [0.3, 0.4) is 0 Å². The van der Waals surface area contributed by atoms with Crippen molar-refractivity contribution >= 4 is 23.1 Å². The Kier molecular flexibility index (Phi) is 5.33. The third-order valence-electron chi connectivity index (χ3n) is 4.10. The molecule has 2 heterocycles. The summed E-state index contributed by atoms with van der Waals surface area (Å²) in [5, 5.41) is 7.46. The van der Waals surface area contributed by atoms with E-state index in [2.05, 4.69) is 15.7 Å². The molecule has 0 spiro atoms. The van der Waals surface area contributed by atoms with E-state index < -0.39 is 17.2 Å². The number of hydrogen-bond donors (Lipinski definition) is 1. The van der Waals surface area contributed by atoms with Gasteiger partial charge in [-0.2, -0.15) is 5.10 Å². The molecule has 2 aromatic carbocycles. The zero-order valence-electron chi connectivity index (χ0n) is 15.4. The van der Waals surface area contributed by atoms with Crippen LogP contribution in [-0.2, 0) is 4.79 Å². The van der Waals surface area contributed by atoms with Gasteiger partial charge in [-0.25, -0.2) is 9.82 Å². The normalized spacial score (nSPS) is 11.1. The number of carbonyl (C=O) groups excluding carboxylic acids is 1. The van der Waals surface area contributed by atoms with E-state index >= 15 is 0 Å². The third-order valence-corrected chi connectivity index (χ3v) is 4.10. The van der Waals surface area contributed by atoms with Crippen molar-refractivity contribution in [1.82, 2.24) is 10.6 Å². The number of amides is 1. The van der Waals surface area contributed by atoms with E-state index in [-0.39, 0.29) is 23.1 Å². The molecule has 0 bridgehead atoms. The first-order chi connectivity index (χ1) is 14.6. The minimum atomic E-state index is -0.556. The average molecular weight is 407 g/mol. The zero-order chi connectivity index (χ0) is 20.9. The van der Waals surface area contributed by atoms with Crippen molar-refractivity contribution in [3.63, 3.8) is 0 Å². The molecule has 9 heteroatoms. The van der Waals surface area contributed by atoms with Crippen molar-refractivity contribution in [2.75, 3.05) is 6.61 Å². The van der Waals surface area contributed by atoms with Gasteiger partial charge in [-0.15, -0.1) is 0 Å². The maximum Gasteiger partial charge on any atom is 0.277 e. The molecule has 4 rings (SSSR count). The fourth-order valence-electron chi connectivity index (χ4n) is 2.71. The van der Waals surface area contributed by atoms with Crippen LogP contribution in [0.1, 0.15) is 5.56 Å². The van der Waals surface area contributed by atoms with Crippen LogP contribution in [-0.4, -0.2) is 23.9 Å². The smallest absolute Gasteiger partial charge is 0.277 e. The first kappa shape index (κ1) is 19.1. The second-order valence-corrected chi connectivity index (χ2v) is 6.12. The number of aromatic nitrogens is 1. The van der Waals surface area contributed by atoms with Crippen molar-refractivity contribution in [2.45, 2.75) is 0 Å². The molecule has 2 aromatic heterocycles. The molecule has 1 amide bonds. The Labute approximate surface area is 168 Å². The molecule has 30 heavy (non-hydrogen) atoms. The number of halogens is 1. The molecule has 0 radical (unpaired) electrons. The number of rotatable bonds is 6. The molecule has 0 fully saturated rings. The molecular formula is C21H14FN3O5. The molecular weight excluding hydrogens is 393 g/mol. The molecule has 0 atom stereocenters. The lowest BCUT2D eigenvalue weighted by Gasteiger charge is -2.08. The summed E-state index contributed by atoms with van der Waals surface area (Å²) in [6, 6.07) is 12.3. The van der Waals surface area contributed by atoms with Gasteiger partial charge < -0.3 is 13.7 Å². The van der Waals surface area contributed by atoms with Gasteiger partial charge in [-0.05, 0) is 30.3 Å². The van der Waals surface area contributed by atoms with Crippen LogP contribution in [0.2, 0.25) is 0 Å². The van der Waals surface area contributed by atoms with Crippen LogP contribution in [0.25, 0.3) is 22.3 Å². The Morgan fingerprint density at radius 2 is 2.10 bits per heavy atom. The summed E-state index contributed by atoms with van der Waals surface area (Å²) in [5.41, 5.74) is 2.75. The number of nitrogens with zero attached hydrogens (tertiary/aromatic N) is 2. The molecule has 8 nitrogen and oxygen atoms in total. The number of fused-ring (bicyclic) bond motifs is 1. The Morgan fingerprint density at radius 1 is 1.23 bits per heavy atom. The maximum atomic E-state index is 13.4. The van der Waals surface area contributed by atoms with Crippen LogP contribution < -0.4 is 15.6 Å². The molecule has 4 aromatic rings. The number of benzene rings is 2. The molecule has 0 aliphatic heterocycles. The van der Waals surface area contributed by atoms with Crippen molar-refractivity contribution in [1.29, 1.82) is 0 Å². The van der Waals surface area contributed by atoms with E-state index in [0.29, 0.717) is 17.1 Å². The summed E-state index contributed by atoms with van der Waals surface area (Å²) in [5.74, 6) is -0.163. The van der Waals surface area contributed by atoms with Gasteiger partial charge in [0.05, 0.1) is 28.9 Å². The van der Waals surface area contributed by atoms with Crippen LogP contribution in [0.4, 0.5) is 4.39 Å². The lowest BCUT2D eigenvalue weighted by atomic mass is 10.1. The molecule has 0 saturated carbocycles. The van der Waals surface area contributed by atoms with Crippen molar-refractivity contribution in [2.24, 2.45) is 5.10 Å². The Balaban J connectivity index is 1.40. The van der Waals surface area contributed by atoms with E-state index in [1.54, 1.807) is 30.3 Å². The van der Waals surface area contributed by atoms with Gasteiger partial charge in [0.25, 0.3) is 5.91 Å². The summed E-state index contributed by atoms with van der Waals surface area (Å²) < 4.78 is 29.3. The lowest BCUT2D eigenvalue weighted by Crippen LogP contribution is -2.25. The van der Waals surface area contributed by atoms with E-state index in [1.807, 2.05) is 0 Å². The van der Waals surface area contributed by atoms with Crippen LogP contribution >= 0.6 is 0 Å². The topological polar surface area (TPSA) is 107 Å². The monoisotopic (exact) mass is 407 g/mol. The van der Waals surface area contributed by atoms with Gasteiger partial charge in [0, 0.05) is 6.07 Å². The van der Waals surface area contributed by atoms with Gasteiger partial charge >= 0.3 is 0 Å². The number of ether oxygens (including phenoxy) is 1. The Hall–Kier alpha value is -4.27. The maximum absolute atomic E-state index is 13.4. The molecule has 0 unspecified atom stereocenters. The molecule has 0 aliphatic carbocycles. The highest BCUT2D eigenvalue weighted by Gasteiger charge is 2.11. The number of hydrazone groups is 1. The van der Waals surface area contributed by atoms with Crippen LogP contribution in [0, 0.1) is 5.82 Å². The van der Waals surface area contributed by atoms with E-state index in [0.717, 1.165) is 12.3 Å². The quantitative estimate of drug-likeness (QED) is 0.389. The van der Waals surface area contributed by atoms with Gasteiger partial charge in [-0.3, -0.25) is 9.59 Å². The zero-order valence-corrected chi connectivity index (χ0v) is 15.4. The number of para-hydroxylation sites is 1. The predicted molar refractivity (Wildman–Crippen MR) is 106 cm³/mol. The third kappa shape index (κ3) is 4.09. The van der Waals surface area contributed by atoms with Crippen molar-refractivity contribution in [3.8, 4) is 17.1 Å². The number of nitrogens with one attached hydrogen (secondary N) is 1. The molecule has 150 valence electrons. The van der Waals surface area contributed by atoms with Crippen LogP contribution in [0.15, 0.2) is 79.8 Å². The highest BCUT2D eigenvalue weighted by atomic mass is 19.1. The van der Waals surface area contributed by atoms with Crippen LogP contribution in [0.5, 0.6) is 5.75 Å². The minimum absolute atomic E-state index is 0.0602. The van der Waals surface area contributed by atoms with E-state index in [9.17, 15) is 14.0 Å².